The Morgan fingerprint density at radius 1 is 1.12 bits per heavy atom. The van der Waals surface area contributed by atoms with E-state index in [1.54, 1.807) is 11.3 Å². The Kier molecular flexibility index (Phi) is 5.85. The molecule has 0 saturated carbocycles. The first kappa shape index (κ1) is 21.0. The van der Waals surface area contributed by atoms with Crippen molar-refractivity contribution >= 4 is 44.3 Å². The maximum absolute atomic E-state index is 12.4. The molecule has 8 heteroatoms. The zero-order valence-corrected chi connectivity index (χ0v) is 19.4. The van der Waals surface area contributed by atoms with Crippen molar-refractivity contribution in [2.45, 2.75) is 32.2 Å². The molecule has 32 heavy (non-hydrogen) atoms. The number of aromatic nitrogens is 3. The third kappa shape index (κ3) is 4.36. The largest absolute Gasteiger partial charge is 0.353 e. The number of rotatable bonds is 5. The zero-order valence-electron chi connectivity index (χ0n) is 17.8. The number of benzene rings is 2. The van der Waals surface area contributed by atoms with Crippen LogP contribution in [0.5, 0.6) is 0 Å². The van der Waals surface area contributed by atoms with Gasteiger partial charge in [0.25, 0.3) is 0 Å². The minimum absolute atomic E-state index is 0.0596. The van der Waals surface area contributed by atoms with E-state index in [1.807, 2.05) is 66.2 Å². The van der Waals surface area contributed by atoms with Gasteiger partial charge in [0.05, 0.1) is 22.5 Å². The van der Waals surface area contributed by atoms with Gasteiger partial charge in [0.15, 0.2) is 10.8 Å². The number of carbonyl (C=O) groups excluding carboxylic acids is 1. The van der Waals surface area contributed by atoms with Gasteiger partial charge < -0.3 is 10.2 Å². The van der Waals surface area contributed by atoms with Crippen molar-refractivity contribution in [1.82, 2.24) is 20.1 Å². The number of hydrogen-bond donors (Lipinski definition) is 1. The van der Waals surface area contributed by atoms with Gasteiger partial charge in [0.2, 0.25) is 5.91 Å². The van der Waals surface area contributed by atoms with E-state index in [4.69, 9.17) is 16.6 Å². The Bertz CT molecular complexity index is 1230. The SMILES string of the molecule is Cc1nn(-c2ccccc2)c2nc(N3CCC(NC(=O)Cc4ccc(Cl)cc4)CC3)sc12. The number of halogens is 1. The quantitative estimate of drug-likeness (QED) is 0.461. The van der Waals surface area contributed by atoms with Gasteiger partial charge in [-0.1, -0.05) is 53.3 Å². The van der Waals surface area contributed by atoms with Crippen LogP contribution in [0.15, 0.2) is 54.6 Å². The Morgan fingerprint density at radius 3 is 2.56 bits per heavy atom. The van der Waals surface area contributed by atoms with Crippen LogP contribution in [0, 0.1) is 6.92 Å². The van der Waals surface area contributed by atoms with Crippen LogP contribution in [0.25, 0.3) is 16.0 Å². The van der Waals surface area contributed by atoms with Crippen LogP contribution in [0.3, 0.4) is 0 Å². The van der Waals surface area contributed by atoms with Crippen LogP contribution in [-0.4, -0.2) is 39.8 Å². The van der Waals surface area contributed by atoms with Crippen LogP contribution in [0.1, 0.15) is 24.1 Å². The topological polar surface area (TPSA) is 63.1 Å². The van der Waals surface area contributed by atoms with E-state index in [0.29, 0.717) is 11.4 Å². The summed E-state index contributed by atoms with van der Waals surface area (Å²) in [4.78, 5) is 19.7. The van der Waals surface area contributed by atoms with Crippen molar-refractivity contribution in [3.05, 3.63) is 70.9 Å². The first-order valence-corrected chi connectivity index (χ1v) is 12.0. The van der Waals surface area contributed by atoms with Crippen LogP contribution in [-0.2, 0) is 11.2 Å². The standard InChI is InChI=1S/C24H24ClN5OS/c1-16-22-23(30(28-16)20-5-3-2-4-6-20)27-24(32-22)29-13-11-19(12-14-29)26-21(31)15-17-7-9-18(25)10-8-17/h2-10,19H,11-15H2,1H3,(H,26,31). The number of amides is 1. The van der Waals surface area contributed by atoms with Crippen molar-refractivity contribution in [3.8, 4) is 5.69 Å². The number of aryl methyl sites for hydroxylation is 1. The fraction of sp³-hybridized carbons (Fsp3) is 0.292. The maximum atomic E-state index is 12.4. The normalized spacial score (nSPS) is 14.8. The number of anilines is 1. The molecular weight excluding hydrogens is 442 g/mol. The summed E-state index contributed by atoms with van der Waals surface area (Å²) >= 11 is 7.62. The van der Waals surface area contributed by atoms with Gasteiger partial charge in [-0.3, -0.25) is 4.79 Å². The highest BCUT2D eigenvalue weighted by molar-refractivity contribution is 7.22. The molecule has 1 fully saturated rings. The number of hydrogen-bond acceptors (Lipinski definition) is 5. The molecule has 0 bridgehead atoms. The van der Waals surface area contributed by atoms with Crippen molar-refractivity contribution in [3.63, 3.8) is 0 Å². The lowest BCUT2D eigenvalue weighted by molar-refractivity contribution is -0.121. The number of piperidine rings is 1. The Labute approximate surface area is 195 Å². The third-order valence-electron chi connectivity index (χ3n) is 5.79. The Morgan fingerprint density at radius 2 is 1.84 bits per heavy atom. The molecule has 1 saturated heterocycles. The molecule has 0 radical (unpaired) electrons. The Balaban J connectivity index is 1.22. The van der Waals surface area contributed by atoms with Gasteiger partial charge in [-0.2, -0.15) is 10.1 Å². The van der Waals surface area contributed by atoms with E-state index in [-0.39, 0.29) is 11.9 Å². The molecule has 0 spiro atoms. The molecule has 0 atom stereocenters. The second-order valence-electron chi connectivity index (χ2n) is 8.11. The second-order valence-corrected chi connectivity index (χ2v) is 9.53. The number of nitrogens with one attached hydrogen (secondary N) is 1. The predicted molar refractivity (Wildman–Crippen MR) is 130 cm³/mol. The molecule has 3 heterocycles. The van der Waals surface area contributed by atoms with Crippen molar-refractivity contribution in [1.29, 1.82) is 0 Å². The molecule has 1 amide bonds. The highest BCUT2D eigenvalue weighted by atomic mass is 35.5. The number of para-hydroxylation sites is 1. The maximum Gasteiger partial charge on any atom is 0.224 e. The lowest BCUT2D eigenvalue weighted by atomic mass is 10.0. The second kappa shape index (κ2) is 8.92. The zero-order chi connectivity index (χ0) is 22.1. The first-order valence-electron chi connectivity index (χ1n) is 10.8. The average Bonchev–Trinajstić information content (AvgIpc) is 3.37. The van der Waals surface area contributed by atoms with Crippen LogP contribution < -0.4 is 10.2 Å². The summed E-state index contributed by atoms with van der Waals surface area (Å²) in [5.74, 6) is 0.0596. The van der Waals surface area contributed by atoms with E-state index in [0.717, 1.165) is 58.4 Å². The number of thiazole rings is 1. The molecule has 2 aromatic heterocycles. The van der Waals surface area contributed by atoms with Crippen molar-refractivity contribution in [2.24, 2.45) is 0 Å². The summed E-state index contributed by atoms with van der Waals surface area (Å²) in [6.07, 6.45) is 2.20. The molecule has 4 aromatic rings. The molecular formula is C24H24ClN5OS. The van der Waals surface area contributed by atoms with Gasteiger partial charge in [-0.25, -0.2) is 4.68 Å². The first-order chi connectivity index (χ1) is 15.6. The fourth-order valence-electron chi connectivity index (χ4n) is 4.09. The summed E-state index contributed by atoms with van der Waals surface area (Å²) in [5.41, 5.74) is 3.90. The van der Waals surface area contributed by atoms with Crippen LogP contribution in [0.2, 0.25) is 5.02 Å². The van der Waals surface area contributed by atoms with Gasteiger partial charge in [-0.15, -0.1) is 0 Å². The van der Waals surface area contributed by atoms with Gasteiger partial charge in [0, 0.05) is 24.2 Å². The minimum atomic E-state index is 0.0596. The molecule has 0 aliphatic carbocycles. The van der Waals surface area contributed by atoms with Gasteiger partial charge >= 0.3 is 0 Å². The lowest BCUT2D eigenvalue weighted by Gasteiger charge is -2.32. The van der Waals surface area contributed by atoms with Gasteiger partial charge in [-0.05, 0) is 49.6 Å². The Hall–Kier alpha value is -2.90. The molecule has 1 aliphatic heterocycles. The summed E-state index contributed by atoms with van der Waals surface area (Å²) in [6.45, 7) is 3.78. The number of fused-ring (bicyclic) bond motifs is 1. The van der Waals surface area contributed by atoms with Crippen molar-refractivity contribution in [2.75, 3.05) is 18.0 Å². The van der Waals surface area contributed by atoms with Crippen molar-refractivity contribution < 1.29 is 4.79 Å². The van der Waals surface area contributed by atoms with E-state index in [9.17, 15) is 4.79 Å². The third-order valence-corrected chi connectivity index (χ3v) is 7.25. The molecule has 6 nitrogen and oxygen atoms in total. The molecule has 5 rings (SSSR count). The van der Waals surface area contributed by atoms with E-state index >= 15 is 0 Å². The molecule has 164 valence electrons. The average molecular weight is 466 g/mol. The number of nitrogens with zero attached hydrogens (tertiary/aromatic N) is 4. The highest BCUT2D eigenvalue weighted by Crippen LogP contribution is 2.33. The van der Waals surface area contributed by atoms with Crippen LogP contribution in [0.4, 0.5) is 5.13 Å². The summed E-state index contributed by atoms with van der Waals surface area (Å²) in [6, 6.07) is 17.7. The van der Waals surface area contributed by atoms with Crippen LogP contribution >= 0.6 is 22.9 Å². The minimum Gasteiger partial charge on any atom is -0.353 e. The highest BCUT2D eigenvalue weighted by Gasteiger charge is 2.24. The monoisotopic (exact) mass is 465 g/mol. The summed E-state index contributed by atoms with van der Waals surface area (Å²) in [5, 5.41) is 9.57. The fourth-order valence-corrected chi connectivity index (χ4v) is 5.25. The van der Waals surface area contributed by atoms with Gasteiger partial charge in [0.1, 0.15) is 0 Å². The summed E-state index contributed by atoms with van der Waals surface area (Å²) in [7, 11) is 0. The molecule has 0 unspecified atom stereocenters. The van der Waals surface area contributed by atoms with E-state index in [1.165, 1.54) is 0 Å². The number of carbonyl (C=O) groups is 1. The molecule has 1 aliphatic rings. The van der Waals surface area contributed by atoms with E-state index < -0.39 is 0 Å². The molecule has 2 aromatic carbocycles. The smallest absolute Gasteiger partial charge is 0.224 e. The summed E-state index contributed by atoms with van der Waals surface area (Å²) < 4.78 is 3.05. The molecule has 1 N–H and O–H groups in total. The van der Waals surface area contributed by atoms with E-state index in [2.05, 4.69) is 15.3 Å². The predicted octanol–water partition coefficient (Wildman–Crippen LogP) is 4.77. The lowest BCUT2D eigenvalue weighted by Crippen LogP contribution is -2.45.